The van der Waals surface area contributed by atoms with Crippen molar-refractivity contribution >= 4 is 23.7 Å². The van der Waals surface area contributed by atoms with E-state index in [1.165, 1.54) is 19.4 Å². The molecule has 24 heavy (non-hydrogen) atoms. The lowest BCUT2D eigenvalue weighted by molar-refractivity contribution is -0.136. The molecule has 0 bridgehead atoms. The standard InChI is InChI=1S/C17H17N3O4/c1-11-5-3-4-6-14(11)19-16(22)17(23)20-18-10-12-9-13(24-2)7-8-15(12)21/h3-10,21H,1-2H3,(H,19,22)(H,20,23)/b18-10+. The topological polar surface area (TPSA) is 100 Å². The molecular formula is C17H17N3O4. The number of aryl methyl sites for hydroxylation is 1. The van der Waals surface area contributed by atoms with E-state index < -0.39 is 11.8 Å². The van der Waals surface area contributed by atoms with Crippen LogP contribution < -0.4 is 15.5 Å². The van der Waals surface area contributed by atoms with Crippen molar-refractivity contribution in [3.63, 3.8) is 0 Å². The minimum Gasteiger partial charge on any atom is -0.507 e. The van der Waals surface area contributed by atoms with Gasteiger partial charge in [-0.3, -0.25) is 9.59 Å². The number of carbonyl (C=O) groups excluding carboxylic acids is 2. The number of phenolic OH excluding ortho intramolecular Hbond substituents is 1. The van der Waals surface area contributed by atoms with E-state index in [0.29, 0.717) is 17.0 Å². The van der Waals surface area contributed by atoms with Gasteiger partial charge in [-0.25, -0.2) is 5.43 Å². The molecule has 0 fully saturated rings. The molecule has 0 saturated carbocycles. The number of benzene rings is 2. The number of hydrogen-bond acceptors (Lipinski definition) is 5. The highest BCUT2D eigenvalue weighted by Crippen LogP contribution is 2.20. The first-order valence-corrected chi connectivity index (χ1v) is 7.08. The molecule has 2 rings (SSSR count). The van der Waals surface area contributed by atoms with E-state index >= 15 is 0 Å². The third kappa shape index (κ3) is 4.33. The summed E-state index contributed by atoms with van der Waals surface area (Å²) in [6, 6.07) is 11.7. The van der Waals surface area contributed by atoms with Gasteiger partial charge >= 0.3 is 11.8 Å². The van der Waals surface area contributed by atoms with E-state index in [4.69, 9.17) is 4.74 Å². The van der Waals surface area contributed by atoms with Gasteiger partial charge < -0.3 is 15.2 Å². The molecule has 0 aliphatic rings. The highest BCUT2D eigenvalue weighted by atomic mass is 16.5. The molecule has 124 valence electrons. The fraction of sp³-hybridized carbons (Fsp3) is 0.118. The van der Waals surface area contributed by atoms with Gasteiger partial charge in [-0.05, 0) is 36.8 Å². The number of nitrogens with zero attached hydrogens (tertiary/aromatic N) is 1. The number of rotatable bonds is 4. The van der Waals surface area contributed by atoms with Gasteiger partial charge in [0, 0.05) is 11.3 Å². The predicted octanol–water partition coefficient (Wildman–Crippen LogP) is 1.80. The summed E-state index contributed by atoms with van der Waals surface area (Å²) in [6.45, 7) is 1.82. The number of amides is 2. The van der Waals surface area contributed by atoms with Crippen molar-refractivity contribution in [2.75, 3.05) is 12.4 Å². The summed E-state index contributed by atoms with van der Waals surface area (Å²) in [4.78, 5) is 23.5. The Kier molecular flexibility index (Phi) is 5.51. The van der Waals surface area contributed by atoms with Crippen LogP contribution in [0, 0.1) is 6.92 Å². The number of hydrazone groups is 1. The number of ether oxygens (including phenoxy) is 1. The van der Waals surface area contributed by atoms with Crippen LogP contribution in [0.2, 0.25) is 0 Å². The minimum absolute atomic E-state index is 0.0295. The van der Waals surface area contributed by atoms with Crippen molar-refractivity contribution in [1.29, 1.82) is 0 Å². The Hall–Kier alpha value is -3.35. The Bertz CT molecular complexity index is 787. The fourth-order valence-electron chi connectivity index (χ4n) is 1.87. The van der Waals surface area contributed by atoms with Crippen LogP contribution in [-0.4, -0.2) is 30.2 Å². The third-order valence-electron chi connectivity index (χ3n) is 3.20. The van der Waals surface area contributed by atoms with Gasteiger partial charge in [-0.1, -0.05) is 18.2 Å². The number of aromatic hydroxyl groups is 1. The van der Waals surface area contributed by atoms with Crippen molar-refractivity contribution in [2.24, 2.45) is 5.10 Å². The van der Waals surface area contributed by atoms with E-state index in [1.807, 2.05) is 19.1 Å². The number of methoxy groups -OCH3 is 1. The lowest BCUT2D eigenvalue weighted by Gasteiger charge is -2.06. The molecule has 0 aliphatic heterocycles. The SMILES string of the molecule is COc1ccc(O)c(/C=N/NC(=O)C(=O)Nc2ccccc2C)c1. The zero-order valence-electron chi connectivity index (χ0n) is 13.2. The average molecular weight is 327 g/mol. The van der Waals surface area contributed by atoms with Crippen LogP contribution >= 0.6 is 0 Å². The first kappa shape index (κ1) is 17.0. The molecule has 0 aliphatic carbocycles. The monoisotopic (exact) mass is 327 g/mol. The number of anilines is 1. The lowest BCUT2D eigenvalue weighted by atomic mass is 10.2. The summed E-state index contributed by atoms with van der Waals surface area (Å²) in [5.41, 5.74) is 3.83. The number of hydrogen-bond donors (Lipinski definition) is 3. The van der Waals surface area contributed by atoms with Gasteiger partial charge in [-0.15, -0.1) is 0 Å². The molecule has 2 amide bonds. The van der Waals surface area contributed by atoms with Gasteiger partial charge in [0.25, 0.3) is 0 Å². The van der Waals surface area contributed by atoms with Gasteiger partial charge in [0.2, 0.25) is 0 Å². The molecule has 0 heterocycles. The van der Waals surface area contributed by atoms with Crippen LogP contribution in [0.4, 0.5) is 5.69 Å². The first-order valence-electron chi connectivity index (χ1n) is 7.08. The number of nitrogens with one attached hydrogen (secondary N) is 2. The van der Waals surface area contributed by atoms with Crippen LogP contribution in [0.3, 0.4) is 0 Å². The summed E-state index contributed by atoms with van der Waals surface area (Å²) in [5.74, 6) is -1.26. The summed E-state index contributed by atoms with van der Waals surface area (Å²) in [7, 11) is 1.49. The van der Waals surface area contributed by atoms with Crippen LogP contribution in [0.15, 0.2) is 47.6 Å². The largest absolute Gasteiger partial charge is 0.507 e. The van der Waals surface area contributed by atoms with Crippen molar-refractivity contribution in [3.8, 4) is 11.5 Å². The van der Waals surface area contributed by atoms with Crippen molar-refractivity contribution in [3.05, 3.63) is 53.6 Å². The molecule has 2 aromatic rings. The van der Waals surface area contributed by atoms with Crippen LogP contribution in [0.1, 0.15) is 11.1 Å². The molecule has 3 N–H and O–H groups in total. The minimum atomic E-state index is -0.920. The van der Waals surface area contributed by atoms with Crippen molar-refractivity contribution in [2.45, 2.75) is 6.92 Å². The highest BCUT2D eigenvalue weighted by molar-refractivity contribution is 6.39. The zero-order chi connectivity index (χ0) is 17.5. The maximum Gasteiger partial charge on any atom is 0.329 e. The molecule has 0 spiro atoms. The maximum absolute atomic E-state index is 11.8. The van der Waals surface area contributed by atoms with E-state index in [1.54, 1.807) is 24.3 Å². The van der Waals surface area contributed by atoms with Gasteiger partial charge in [0.05, 0.1) is 13.3 Å². The molecule has 0 aromatic heterocycles. The molecule has 7 nitrogen and oxygen atoms in total. The molecule has 7 heteroatoms. The third-order valence-corrected chi connectivity index (χ3v) is 3.20. The second-order valence-corrected chi connectivity index (χ2v) is 4.89. The van der Waals surface area contributed by atoms with Crippen LogP contribution in [-0.2, 0) is 9.59 Å². The van der Waals surface area contributed by atoms with Gasteiger partial charge in [0.1, 0.15) is 11.5 Å². The highest BCUT2D eigenvalue weighted by Gasteiger charge is 2.13. The van der Waals surface area contributed by atoms with Gasteiger partial charge in [-0.2, -0.15) is 5.10 Å². The molecule has 0 radical (unpaired) electrons. The van der Waals surface area contributed by atoms with E-state index in [-0.39, 0.29) is 5.75 Å². The van der Waals surface area contributed by atoms with E-state index in [0.717, 1.165) is 5.56 Å². The summed E-state index contributed by atoms with van der Waals surface area (Å²) < 4.78 is 5.03. The Morgan fingerprint density at radius 1 is 1.17 bits per heavy atom. The smallest absolute Gasteiger partial charge is 0.329 e. The van der Waals surface area contributed by atoms with Gasteiger partial charge in [0.15, 0.2) is 0 Å². The normalized spacial score (nSPS) is 10.4. The van der Waals surface area contributed by atoms with E-state index in [9.17, 15) is 14.7 Å². The lowest BCUT2D eigenvalue weighted by Crippen LogP contribution is -2.32. The molecular weight excluding hydrogens is 310 g/mol. The fourth-order valence-corrected chi connectivity index (χ4v) is 1.87. The maximum atomic E-state index is 11.8. The second kappa shape index (κ2) is 7.77. The second-order valence-electron chi connectivity index (χ2n) is 4.89. The number of phenols is 1. The first-order chi connectivity index (χ1) is 11.5. The summed E-state index contributed by atoms with van der Waals surface area (Å²) in [5, 5.41) is 15.8. The quantitative estimate of drug-likeness (QED) is 0.453. The molecule has 2 aromatic carbocycles. The van der Waals surface area contributed by atoms with Crippen molar-refractivity contribution < 1.29 is 19.4 Å². The Balaban J connectivity index is 1.97. The van der Waals surface area contributed by atoms with Crippen LogP contribution in [0.5, 0.6) is 11.5 Å². The Morgan fingerprint density at radius 2 is 1.92 bits per heavy atom. The Morgan fingerprint density at radius 3 is 2.62 bits per heavy atom. The predicted molar refractivity (Wildman–Crippen MR) is 90.2 cm³/mol. The zero-order valence-corrected chi connectivity index (χ0v) is 13.2. The number of carbonyl (C=O) groups is 2. The summed E-state index contributed by atoms with van der Waals surface area (Å²) >= 11 is 0. The Labute approximate surface area is 139 Å². The van der Waals surface area contributed by atoms with Crippen molar-refractivity contribution in [1.82, 2.24) is 5.43 Å². The molecule has 0 unspecified atom stereocenters. The summed E-state index contributed by atoms with van der Waals surface area (Å²) in [6.07, 6.45) is 1.22. The average Bonchev–Trinajstić information content (AvgIpc) is 2.58. The molecule has 0 atom stereocenters. The van der Waals surface area contributed by atoms with E-state index in [2.05, 4.69) is 15.8 Å². The molecule has 0 saturated heterocycles. The van der Waals surface area contributed by atoms with Crippen LogP contribution in [0.25, 0.3) is 0 Å². The number of para-hydroxylation sites is 1.